The minimum atomic E-state index is 1.09. The van der Waals surface area contributed by atoms with E-state index in [4.69, 9.17) is 0 Å². The van der Waals surface area contributed by atoms with Crippen LogP contribution in [0.3, 0.4) is 0 Å². The Morgan fingerprint density at radius 1 is 0.737 bits per heavy atom. The van der Waals surface area contributed by atoms with Gasteiger partial charge in [-0.25, -0.2) is 0 Å². The lowest BCUT2D eigenvalue weighted by atomic mass is 9.95. The molecule has 0 saturated carbocycles. The molecule has 0 aromatic heterocycles. The summed E-state index contributed by atoms with van der Waals surface area (Å²) in [6, 6.07) is 17.1. The summed E-state index contributed by atoms with van der Waals surface area (Å²) in [5.41, 5.74) is 5.70. The Kier molecular flexibility index (Phi) is 4.62. The van der Waals surface area contributed by atoms with Crippen LogP contribution in [0.4, 0.5) is 5.69 Å². The van der Waals surface area contributed by atoms with Crippen molar-refractivity contribution in [3.63, 3.8) is 0 Å². The topological polar surface area (TPSA) is 3.24 Å². The molecule has 100 valence electrons. The molecule has 1 aromatic carbocycles. The van der Waals surface area contributed by atoms with Gasteiger partial charge in [-0.05, 0) is 43.0 Å². The first-order valence-corrected chi connectivity index (χ1v) is 7.23. The van der Waals surface area contributed by atoms with Gasteiger partial charge < -0.3 is 4.90 Å². The quantitative estimate of drug-likeness (QED) is 0.648. The van der Waals surface area contributed by atoms with Crippen LogP contribution >= 0.6 is 0 Å². The maximum atomic E-state index is 2.40. The highest BCUT2D eigenvalue weighted by molar-refractivity contribution is 5.75. The van der Waals surface area contributed by atoms with E-state index in [9.17, 15) is 0 Å². The van der Waals surface area contributed by atoms with E-state index in [0.29, 0.717) is 0 Å². The first-order valence-electron chi connectivity index (χ1n) is 7.23. The van der Waals surface area contributed by atoms with Crippen LogP contribution < -0.4 is 4.90 Å². The molecule has 0 unspecified atom stereocenters. The van der Waals surface area contributed by atoms with Crippen LogP contribution in [0.25, 0.3) is 11.1 Å². The Morgan fingerprint density at radius 3 is 1.63 bits per heavy atom. The van der Waals surface area contributed by atoms with E-state index in [-0.39, 0.29) is 0 Å². The van der Waals surface area contributed by atoms with Crippen LogP contribution in [-0.2, 0) is 6.42 Å². The summed E-state index contributed by atoms with van der Waals surface area (Å²) < 4.78 is 0. The number of aryl methyl sites for hydroxylation is 1. The predicted molar refractivity (Wildman–Crippen MR) is 84.8 cm³/mol. The van der Waals surface area contributed by atoms with Crippen molar-refractivity contribution in [3.8, 4) is 11.1 Å². The molecule has 0 heterocycles. The van der Waals surface area contributed by atoms with Crippen molar-refractivity contribution in [3.05, 3.63) is 54.1 Å². The van der Waals surface area contributed by atoms with E-state index in [0.717, 1.165) is 19.5 Å². The molecule has 0 amide bonds. The van der Waals surface area contributed by atoms with E-state index in [1.807, 2.05) is 0 Å². The van der Waals surface area contributed by atoms with Gasteiger partial charge in [0.1, 0.15) is 0 Å². The molecule has 0 spiro atoms. The first kappa shape index (κ1) is 13.7. The first-order chi connectivity index (χ1) is 9.30. The third kappa shape index (κ3) is 2.98. The van der Waals surface area contributed by atoms with Crippen LogP contribution in [0, 0.1) is 0 Å². The lowest BCUT2D eigenvalue weighted by Gasteiger charge is -2.23. The Hall–Kier alpha value is -1.76. The number of rotatable bonds is 4. The summed E-state index contributed by atoms with van der Waals surface area (Å²) >= 11 is 0. The van der Waals surface area contributed by atoms with E-state index in [2.05, 4.69) is 74.2 Å². The molecular weight excluding hydrogens is 230 g/mol. The molecule has 0 radical (unpaired) electrons. The molecule has 0 fully saturated rings. The maximum absolute atomic E-state index is 2.40. The molecule has 1 aromatic rings. The van der Waals surface area contributed by atoms with Crippen LogP contribution in [0.5, 0.6) is 0 Å². The van der Waals surface area contributed by atoms with E-state index < -0.39 is 0 Å². The van der Waals surface area contributed by atoms with Gasteiger partial charge in [0.15, 0.2) is 0 Å². The average Bonchev–Trinajstić information content (AvgIpc) is 2.45. The molecule has 0 aliphatic heterocycles. The van der Waals surface area contributed by atoms with Gasteiger partial charge in [0.25, 0.3) is 0 Å². The summed E-state index contributed by atoms with van der Waals surface area (Å²) in [5, 5.41) is 0. The van der Waals surface area contributed by atoms with Crippen molar-refractivity contribution in [1.29, 1.82) is 0 Å². The van der Waals surface area contributed by atoms with Gasteiger partial charge in [-0.3, -0.25) is 0 Å². The number of fused-ring (bicyclic) bond motifs is 1. The molecule has 1 heteroatoms. The van der Waals surface area contributed by atoms with Crippen molar-refractivity contribution in [2.45, 2.75) is 27.2 Å². The normalized spacial score (nSPS) is 10.5. The second kappa shape index (κ2) is 6.42. The molecule has 2 aliphatic carbocycles. The van der Waals surface area contributed by atoms with Gasteiger partial charge in [0, 0.05) is 18.8 Å². The van der Waals surface area contributed by atoms with E-state index >= 15 is 0 Å². The summed E-state index contributed by atoms with van der Waals surface area (Å²) in [7, 11) is 0. The zero-order chi connectivity index (χ0) is 13.7. The third-order valence-corrected chi connectivity index (χ3v) is 3.69. The molecule has 0 N–H and O–H groups in total. The highest BCUT2D eigenvalue weighted by Crippen LogP contribution is 2.29. The number of nitrogens with zero attached hydrogens (tertiary/aromatic N) is 1. The second-order valence-corrected chi connectivity index (χ2v) is 4.73. The minimum absolute atomic E-state index is 1.09. The molecule has 0 atom stereocenters. The third-order valence-electron chi connectivity index (χ3n) is 3.69. The fourth-order valence-corrected chi connectivity index (χ4v) is 2.35. The number of hydrogen-bond acceptors (Lipinski definition) is 1. The predicted octanol–water partition coefficient (Wildman–Crippen LogP) is 4.76. The minimum Gasteiger partial charge on any atom is -0.372 e. The molecule has 3 rings (SSSR count). The summed E-state index contributed by atoms with van der Waals surface area (Å²) in [6.07, 6.45) is 1.12. The zero-order valence-corrected chi connectivity index (χ0v) is 12.2. The monoisotopic (exact) mass is 253 g/mol. The van der Waals surface area contributed by atoms with Gasteiger partial charge >= 0.3 is 0 Å². The van der Waals surface area contributed by atoms with Gasteiger partial charge in [0.05, 0.1) is 0 Å². The van der Waals surface area contributed by atoms with Crippen LogP contribution in [0.1, 0.15) is 26.3 Å². The molecule has 1 nitrogen and oxygen atoms in total. The summed E-state index contributed by atoms with van der Waals surface area (Å²) in [6.45, 7) is 8.80. The Balaban J connectivity index is 0.000000180. The number of para-hydroxylation sites is 1. The Bertz CT molecular complexity index is 488. The molecule has 0 saturated heterocycles. The van der Waals surface area contributed by atoms with Crippen LogP contribution in [-0.4, -0.2) is 13.1 Å². The van der Waals surface area contributed by atoms with Gasteiger partial charge in [-0.2, -0.15) is 0 Å². The molecular formula is C18H23N. The van der Waals surface area contributed by atoms with E-state index in [1.165, 1.54) is 22.4 Å². The fourth-order valence-electron chi connectivity index (χ4n) is 2.35. The highest BCUT2D eigenvalue weighted by atomic mass is 15.1. The lowest BCUT2D eigenvalue weighted by molar-refractivity contribution is 0.856. The van der Waals surface area contributed by atoms with Crippen molar-refractivity contribution < 1.29 is 0 Å². The average molecular weight is 253 g/mol. The number of hydrogen-bond donors (Lipinski definition) is 0. The van der Waals surface area contributed by atoms with Crippen LogP contribution in [0.2, 0.25) is 0 Å². The summed E-state index contributed by atoms with van der Waals surface area (Å²) in [4.78, 5) is 2.40. The van der Waals surface area contributed by atoms with Crippen molar-refractivity contribution in [2.24, 2.45) is 0 Å². The molecule has 0 bridgehead atoms. The van der Waals surface area contributed by atoms with Crippen molar-refractivity contribution in [1.82, 2.24) is 0 Å². The maximum Gasteiger partial charge on any atom is 0.0398 e. The van der Waals surface area contributed by atoms with Gasteiger partial charge in [-0.15, -0.1) is 0 Å². The van der Waals surface area contributed by atoms with Crippen molar-refractivity contribution >= 4 is 5.69 Å². The van der Waals surface area contributed by atoms with Gasteiger partial charge in [-0.1, -0.05) is 49.4 Å². The SMILES string of the molecule is CCc1ccccc1N(CC)CC.c1cc2ccc1-2. The highest BCUT2D eigenvalue weighted by Gasteiger charge is 2.05. The number of anilines is 1. The zero-order valence-electron chi connectivity index (χ0n) is 12.2. The van der Waals surface area contributed by atoms with Crippen LogP contribution in [0.15, 0.2) is 48.5 Å². The smallest absolute Gasteiger partial charge is 0.0398 e. The lowest BCUT2D eigenvalue weighted by Crippen LogP contribution is -2.22. The molecule has 2 aliphatic rings. The van der Waals surface area contributed by atoms with Gasteiger partial charge in [0.2, 0.25) is 0 Å². The standard InChI is InChI=1S/C12H19N.C6H4/c1-4-11-9-7-8-10-12(11)13(5-2)6-3;1-2-6-4-3-5(1)6/h7-10H,4-6H2,1-3H3;1-4H. The summed E-state index contributed by atoms with van der Waals surface area (Å²) in [5.74, 6) is 0. The van der Waals surface area contributed by atoms with Crippen molar-refractivity contribution in [2.75, 3.05) is 18.0 Å². The Morgan fingerprint density at radius 2 is 1.26 bits per heavy atom. The largest absolute Gasteiger partial charge is 0.372 e. The second-order valence-electron chi connectivity index (χ2n) is 4.73. The molecule has 19 heavy (non-hydrogen) atoms. The fraction of sp³-hybridized carbons (Fsp3) is 0.333. The Labute approximate surface area is 116 Å². The van der Waals surface area contributed by atoms with E-state index in [1.54, 1.807) is 0 Å². The number of benzene rings is 2.